The molecule has 1 saturated carbocycles. The molecule has 0 spiro atoms. The van der Waals surface area contributed by atoms with Gasteiger partial charge in [-0.2, -0.15) is 8.42 Å². The van der Waals surface area contributed by atoms with E-state index in [0.717, 1.165) is 12.8 Å². The molecule has 0 radical (unpaired) electrons. The molecule has 3 rings (SSSR count). The van der Waals surface area contributed by atoms with E-state index >= 15 is 0 Å². The van der Waals surface area contributed by atoms with E-state index in [1.165, 1.54) is 49.3 Å². The van der Waals surface area contributed by atoms with Gasteiger partial charge in [0.2, 0.25) is 0 Å². The lowest BCUT2D eigenvalue weighted by Crippen LogP contribution is -2.05. The van der Waals surface area contributed by atoms with E-state index in [2.05, 4.69) is 24.3 Å². The van der Waals surface area contributed by atoms with Gasteiger partial charge in [0.1, 0.15) is 0 Å². The summed E-state index contributed by atoms with van der Waals surface area (Å²) in [5.74, 6) is 0.703. The summed E-state index contributed by atoms with van der Waals surface area (Å²) in [5, 5.41) is 0. The molecular weight excluding hydrogens is 332 g/mol. The van der Waals surface area contributed by atoms with Gasteiger partial charge in [0.05, 0.1) is 4.90 Å². The van der Waals surface area contributed by atoms with Crippen molar-refractivity contribution in [1.29, 1.82) is 0 Å². The van der Waals surface area contributed by atoms with E-state index in [1.54, 1.807) is 12.1 Å². The predicted molar refractivity (Wildman–Crippen MR) is 101 cm³/mol. The molecule has 0 heterocycles. The summed E-state index contributed by atoms with van der Waals surface area (Å²) in [4.78, 5) is 0.0333. The van der Waals surface area contributed by atoms with Crippen molar-refractivity contribution in [3.63, 3.8) is 0 Å². The van der Waals surface area contributed by atoms with Crippen molar-refractivity contribution < 1.29 is 13.0 Å². The van der Waals surface area contributed by atoms with Gasteiger partial charge < -0.3 is 0 Å². The van der Waals surface area contributed by atoms with E-state index in [9.17, 15) is 13.0 Å². The molecule has 0 aliphatic heterocycles. The Morgan fingerprint density at radius 1 is 0.920 bits per heavy atom. The highest BCUT2D eigenvalue weighted by Crippen LogP contribution is 2.33. The van der Waals surface area contributed by atoms with Crippen LogP contribution in [-0.2, 0) is 23.0 Å². The van der Waals surface area contributed by atoms with Crippen LogP contribution in [-0.4, -0.2) is 13.0 Å². The third-order valence-corrected chi connectivity index (χ3v) is 6.14. The normalized spacial score (nSPS) is 16.0. The summed E-state index contributed by atoms with van der Waals surface area (Å²) in [6, 6.07) is 15.6. The SMILES string of the molecule is O=S(=O)(O)c1ccccc1CCCc1cccc(C2CCCCC2)c1. The van der Waals surface area contributed by atoms with Gasteiger partial charge in [-0.1, -0.05) is 61.7 Å². The van der Waals surface area contributed by atoms with Gasteiger partial charge in [0, 0.05) is 0 Å². The van der Waals surface area contributed by atoms with Gasteiger partial charge in [-0.05, 0) is 60.8 Å². The van der Waals surface area contributed by atoms with Crippen molar-refractivity contribution >= 4 is 10.1 Å². The smallest absolute Gasteiger partial charge is 0.282 e. The third kappa shape index (κ3) is 4.93. The summed E-state index contributed by atoms with van der Waals surface area (Å²) in [6.45, 7) is 0. The molecule has 0 bridgehead atoms. The van der Waals surface area contributed by atoms with Crippen LogP contribution in [0.25, 0.3) is 0 Å². The van der Waals surface area contributed by atoms with Crippen LogP contribution in [0, 0.1) is 0 Å². The minimum absolute atomic E-state index is 0.0333. The number of hydrogen-bond acceptors (Lipinski definition) is 2. The zero-order valence-electron chi connectivity index (χ0n) is 14.5. The fourth-order valence-electron chi connectivity index (χ4n) is 3.88. The molecule has 0 amide bonds. The fourth-order valence-corrected chi connectivity index (χ4v) is 4.64. The second-order valence-electron chi connectivity index (χ2n) is 7.02. The topological polar surface area (TPSA) is 54.4 Å². The summed E-state index contributed by atoms with van der Waals surface area (Å²) >= 11 is 0. The average Bonchev–Trinajstić information content (AvgIpc) is 2.62. The number of hydrogen-bond donors (Lipinski definition) is 1. The lowest BCUT2D eigenvalue weighted by molar-refractivity contribution is 0.443. The molecule has 1 aliphatic carbocycles. The number of aryl methyl sites for hydroxylation is 2. The van der Waals surface area contributed by atoms with Gasteiger partial charge in [-0.15, -0.1) is 0 Å². The Morgan fingerprint density at radius 3 is 2.44 bits per heavy atom. The van der Waals surface area contributed by atoms with E-state index in [-0.39, 0.29) is 4.90 Å². The van der Waals surface area contributed by atoms with E-state index < -0.39 is 10.1 Å². The monoisotopic (exact) mass is 358 g/mol. The highest BCUT2D eigenvalue weighted by Gasteiger charge is 2.16. The molecule has 2 aromatic carbocycles. The van der Waals surface area contributed by atoms with Crippen LogP contribution in [0.2, 0.25) is 0 Å². The van der Waals surface area contributed by atoms with Gasteiger partial charge in [0.15, 0.2) is 0 Å². The fraction of sp³-hybridized carbons (Fsp3) is 0.429. The van der Waals surface area contributed by atoms with Crippen molar-refractivity contribution in [1.82, 2.24) is 0 Å². The Hall–Kier alpha value is -1.65. The van der Waals surface area contributed by atoms with E-state index in [1.807, 2.05) is 6.07 Å². The van der Waals surface area contributed by atoms with Gasteiger partial charge >= 0.3 is 0 Å². The molecule has 3 nitrogen and oxygen atoms in total. The lowest BCUT2D eigenvalue weighted by Gasteiger charge is -2.22. The number of benzene rings is 2. The molecular formula is C21H26O3S. The first-order valence-corrected chi connectivity index (χ1v) is 10.6. The van der Waals surface area contributed by atoms with Gasteiger partial charge in [-0.25, -0.2) is 0 Å². The Morgan fingerprint density at radius 2 is 1.68 bits per heavy atom. The number of rotatable bonds is 6. The molecule has 0 atom stereocenters. The van der Waals surface area contributed by atoms with Crippen molar-refractivity contribution in [2.45, 2.75) is 62.2 Å². The Labute approximate surface area is 150 Å². The van der Waals surface area contributed by atoms with Crippen molar-refractivity contribution in [2.24, 2.45) is 0 Å². The largest absolute Gasteiger partial charge is 0.294 e. The zero-order valence-corrected chi connectivity index (χ0v) is 15.3. The van der Waals surface area contributed by atoms with Crippen LogP contribution in [0.3, 0.4) is 0 Å². The molecule has 0 aromatic heterocycles. The molecule has 1 N–H and O–H groups in total. The van der Waals surface area contributed by atoms with Crippen LogP contribution in [0.1, 0.15) is 61.1 Å². The molecule has 25 heavy (non-hydrogen) atoms. The maximum atomic E-state index is 11.5. The molecule has 0 saturated heterocycles. The standard InChI is InChI=1S/C21H26O3S/c22-25(23,24)21-15-5-4-12-19(21)13-6-8-17-9-7-14-20(16-17)18-10-2-1-3-11-18/h4-5,7,9,12,14-16,18H,1-3,6,8,10-11,13H2,(H,22,23,24). The first-order chi connectivity index (χ1) is 12.0. The minimum atomic E-state index is -4.15. The second-order valence-corrected chi connectivity index (χ2v) is 8.41. The van der Waals surface area contributed by atoms with Crippen LogP contribution < -0.4 is 0 Å². The van der Waals surface area contributed by atoms with Crippen LogP contribution in [0.15, 0.2) is 53.4 Å². The van der Waals surface area contributed by atoms with Crippen molar-refractivity contribution in [3.05, 3.63) is 65.2 Å². The third-order valence-electron chi connectivity index (χ3n) is 5.19. The van der Waals surface area contributed by atoms with Gasteiger partial charge in [0.25, 0.3) is 10.1 Å². The Balaban J connectivity index is 1.63. The summed E-state index contributed by atoms with van der Waals surface area (Å²) in [5.41, 5.74) is 3.45. The predicted octanol–water partition coefficient (Wildman–Crippen LogP) is 5.16. The summed E-state index contributed by atoms with van der Waals surface area (Å²) in [6.07, 6.45) is 9.05. The molecule has 4 heteroatoms. The van der Waals surface area contributed by atoms with E-state index in [4.69, 9.17) is 0 Å². The second kappa shape index (κ2) is 8.15. The van der Waals surface area contributed by atoms with Crippen molar-refractivity contribution in [3.8, 4) is 0 Å². The molecule has 1 aliphatic rings. The maximum absolute atomic E-state index is 11.5. The molecule has 2 aromatic rings. The van der Waals surface area contributed by atoms with Crippen molar-refractivity contribution in [2.75, 3.05) is 0 Å². The van der Waals surface area contributed by atoms with Crippen LogP contribution >= 0.6 is 0 Å². The molecule has 1 fully saturated rings. The van der Waals surface area contributed by atoms with Crippen LogP contribution in [0.5, 0.6) is 0 Å². The zero-order chi connectivity index (χ0) is 17.7. The van der Waals surface area contributed by atoms with Gasteiger partial charge in [-0.3, -0.25) is 4.55 Å². The average molecular weight is 359 g/mol. The molecule has 134 valence electrons. The highest BCUT2D eigenvalue weighted by molar-refractivity contribution is 7.85. The minimum Gasteiger partial charge on any atom is -0.282 e. The quantitative estimate of drug-likeness (QED) is 0.726. The van der Waals surface area contributed by atoms with E-state index in [0.29, 0.717) is 17.9 Å². The lowest BCUT2D eigenvalue weighted by atomic mass is 9.83. The highest BCUT2D eigenvalue weighted by atomic mass is 32.2. The molecule has 0 unspecified atom stereocenters. The first-order valence-electron chi connectivity index (χ1n) is 9.18. The maximum Gasteiger partial charge on any atom is 0.294 e. The first kappa shape index (κ1) is 18.2. The van der Waals surface area contributed by atoms with Crippen LogP contribution in [0.4, 0.5) is 0 Å². The summed E-state index contributed by atoms with van der Waals surface area (Å²) < 4.78 is 32.3. The Bertz CT molecular complexity index is 805. The summed E-state index contributed by atoms with van der Waals surface area (Å²) in [7, 11) is -4.15. The Kier molecular flexibility index (Phi) is 5.92.